The Morgan fingerprint density at radius 3 is 2.76 bits per heavy atom. The molecular formula is C11H20N4O2. The van der Waals surface area contributed by atoms with Crippen LogP contribution in [-0.2, 0) is 16.1 Å². The number of anilines is 2. The van der Waals surface area contributed by atoms with Crippen LogP contribution in [0, 0.1) is 6.92 Å². The van der Waals surface area contributed by atoms with Gasteiger partial charge >= 0.3 is 5.97 Å². The second kappa shape index (κ2) is 5.56. The number of carbonyl (C=O) groups excluding carboxylic acids is 1. The lowest BCUT2D eigenvalue weighted by molar-refractivity contribution is -0.143. The van der Waals surface area contributed by atoms with Crippen LogP contribution in [0.25, 0.3) is 0 Å². The van der Waals surface area contributed by atoms with Crippen molar-refractivity contribution in [3.05, 3.63) is 5.69 Å². The molecule has 0 fully saturated rings. The van der Waals surface area contributed by atoms with Gasteiger partial charge in [0.2, 0.25) is 0 Å². The first-order valence-corrected chi connectivity index (χ1v) is 5.77. The predicted molar refractivity (Wildman–Crippen MR) is 66.8 cm³/mol. The Balaban J connectivity index is 2.83. The zero-order valence-electron chi connectivity index (χ0n) is 10.8. The molecule has 1 unspecified atom stereocenters. The van der Waals surface area contributed by atoms with Gasteiger partial charge in [-0.1, -0.05) is 0 Å². The van der Waals surface area contributed by atoms with Gasteiger partial charge in [0.25, 0.3) is 0 Å². The smallest absolute Gasteiger partial charge is 0.328 e. The first-order valence-electron chi connectivity index (χ1n) is 5.77. The molecule has 1 atom stereocenters. The molecule has 1 heterocycles. The van der Waals surface area contributed by atoms with Crippen LogP contribution in [0.15, 0.2) is 0 Å². The van der Waals surface area contributed by atoms with Crippen LogP contribution in [0.2, 0.25) is 0 Å². The lowest BCUT2D eigenvalue weighted by Gasteiger charge is -2.15. The number of aryl methyl sites for hydroxylation is 2. The van der Waals surface area contributed by atoms with Crippen LogP contribution < -0.4 is 11.1 Å². The number of aromatic nitrogens is 2. The standard InChI is InChI=1S/C11H20N4O2/c1-5-15-10(9(12)7(3)14-15)13-8(4)11(16)17-6-2/h8,13H,5-6,12H2,1-4H3. The van der Waals surface area contributed by atoms with Gasteiger partial charge in [0, 0.05) is 6.54 Å². The zero-order chi connectivity index (χ0) is 13.0. The Hall–Kier alpha value is -1.72. The molecule has 1 rings (SSSR count). The summed E-state index contributed by atoms with van der Waals surface area (Å²) >= 11 is 0. The van der Waals surface area contributed by atoms with E-state index in [4.69, 9.17) is 10.5 Å². The maximum Gasteiger partial charge on any atom is 0.328 e. The van der Waals surface area contributed by atoms with Crippen LogP contribution in [0.3, 0.4) is 0 Å². The summed E-state index contributed by atoms with van der Waals surface area (Å²) in [4.78, 5) is 11.5. The van der Waals surface area contributed by atoms with Crippen molar-refractivity contribution in [1.82, 2.24) is 9.78 Å². The van der Waals surface area contributed by atoms with E-state index in [2.05, 4.69) is 10.4 Å². The summed E-state index contributed by atoms with van der Waals surface area (Å²) in [6, 6.07) is -0.446. The van der Waals surface area contributed by atoms with Crippen molar-refractivity contribution in [2.75, 3.05) is 17.7 Å². The van der Waals surface area contributed by atoms with Gasteiger partial charge < -0.3 is 15.8 Å². The summed E-state index contributed by atoms with van der Waals surface area (Å²) in [5.74, 6) is 0.374. The Bertz CT molecular complexity index is 400. The van der Waals surface area contributed by atoms with Gasteiger partial charge in [-0.3, -0.25) is 0 Å². The minimum atomic E-state index is -0.446. The number of nitrogens with zero attached hydrogens (tertiary/aromatic N) is 2. The van der Waals surface area contributed by atoms with Gasteiger partial charge in [-0.25, -0.2) is 9.48 Å². The van der Waals surface area contributed by atoms with Crippen LogP contribution in [0.4, 0.5) is 11.5 Å². The maximum atomic E-state index is 11.5. The van der Waals surface area contributed by atoms with Gasteiger partial charge in [0.05, 0.1) is 18.0 Å². The van der Waals surface area contributed by atoms with E-state index in [1.165, 1.54) is 0 Å². The molecule has 17 heavy (non-hydrogen) atoms. The third-order valence-electron chi connectivity index (χ3n) is 2.47. The fourth-order valence-electron chi connectivity index (χ4n) is 1.51. The molecule has 0 radical (unpaired) electrons. The summed E-state index contributed by atoms with van der Waals surface area (Å²) in [5.41, 5.74) is 7.23. The second-order valence-corrected chi connectivity index (χ2v) is 3.78. The lowest BCUT2D eigenvalue weighted by Crippen LogP contribution is -2.29. The van der Waals surface area contributed by atoms with Crippen molar-refractivity contribution < 1.29 is 9.53 Å². The number of nitrogens with one attached hydrogen (secondary N) is 1. The molecule has 1 aromatic rings. The number of hydrogen-bond donors (Lipinski definition) is 2. The third kappa shape index (κ3) is 2.89. The first kappa shape index (κ1) is 13.3. The number of esters is 1. The summed E-state index contributed by atoms with van der Waals surface area (Å²) in [7, 11) is 0. The van der Waals surface area contributed by atoms with Crippen LogP contribution in [0.5, 0.6) is 0 Å². The van der Waals surface area contributed by atoms with Crippen LogP contribution >= 0.6 is 0 Å². The Kier molecular flexibility index (Phi) is 4.37. The minimum absolute atomic E-state index is 0.298. The predicted octanol–water partition coefficient (Wildman–Crippen LogP) is 1.16. The number of hydrogen-bond acceptors (Lipinski definition) is 5. The minimum Gasteiger partial charge on any atom is -0.464 e. The van der Waals surface area contributed by atoms with Gasteiger partial charge in [0.15, 0.2) is 0 Å². The molecule has 0 aliphatic heterocycles. The molecule has 6 nitrogen and oxygen atoms in total. The van der Waals surface area contributed by atoms with Crippen molar-refractivity contribution >= 4 is 17.5 Å². The fourth-order valence-corrected chi connectivity index (χ4v) is 1.51. The van der Waals surface area contributed by atoms with E-state index in [-0.39, 0.29) is 5.97 Å². The van der Waals surface area contributed by atoms with Crippen molar-refractivity contribution in [3.8, 4) is 0 Å². The fraction of sp³-hybridized carbons (Fsp3) is 0.636. The molecule has 1 aromatic heterocycles. The maximum absolute atomic E-state index is 11.5. The van der Waals surface area contributed by atoms with Crippen LogP contribution in [-0.4, -0.2) is 28.4 Å². The average molecular weight is 240 g/mol. The largest absolute Gasteiger partial charge is 0.464 e. The van der Waals surface area contributed by atoms with E-state index in [1.54, 1.807) is 18.5 Å². The van der Waals surface area contributed by atoms with E-state index >= 15 is 0 Å². The summed E-state index contributed by atoms with van der Waals surface area (Å²) in [6.45, 7) is 8.37. The summed E-state index contributed by atoms with van der Waals surface area (Å²) in [5, 5.41) is 7.30. The Labute approximate surface area is 101 Å². The summed E-state index contributed by atoms with van der Waals surface area (Å²) in [6.07, 6.45) is 0. The average Bonchev–Trinajstić information content (AvgIpc) is 2.57. The van der Waals surface area contributed by atoms with Crippen molar-refractivity contribution in [3.63, 3.8) is 0 Å². The monoisotopic (exact) mass is 240 g/mol. The molecule has 0 aromatic carbocycles. The quantitative estimate of drug-likeness (QED) is 0.755. The molecule has 0 amide bonds. The normalized spacial score (nSPS) is 12.2. The van der Waals surface area contributed by atoms with Crippen molar-refractivity contribution in [2.45, 2.75) is 40.3 Å². The lowest BCUT2D eigenvalue weighted by atomic mass is 10.3. The van der Waals surface area contributed by atoms with E-state index in [0.717, 1.165) is 5.69 Å². The highest BCUT2D eigenvalue weighted by Gasteiger charge is 2.18. The van der Waals surface area contributed by atoms with E-state index in [9.17, 15) is 4.79 Å². The first-order chi connectivity index (χ1) is 8.01. The number of nitrogens with two attached hydrogens (primary N) is 1. The number of nitrogen functional groups attached to an aromatic ring is 1. The highest BCUT2D eigenvalue weighted by atomic mass is 16.5. The molecule has 0 aliphatic carbocycles. The van der Waals surface area contributed by atoms with Gasteiger partial charge in [-0.15, -0.1) is 0 Å². The highest BCUT2D eigenvalue weighted by molar-refractivity contribution is 5.80. The highest BCUT2D eigenvalue weighted by Crippen LogP contribution is 2.22. The van der Waals surface area contributed by atoms with Gasteiger partial charge in [-0.05, 0) is 27.7 Å². The molecule has 0 aliphatic rings. The third-order valence-corrected chi connectivity index (χ3v) is 2.47. The molecule has 0 bridgehead atoms. The zero-order valence-corrected chi connectivity index (χ0v) is 10.8. The van der Waals surface area contributed by atoms with E-state index in [1.807, 2.05) is 13.8 Å². The molecule has 0 saturated carbocycles. The van der Waals surface area contributed by atoms with Crippen LogP contribution in [0.1, 0.15) is 26.5 Å². The van der Waals surface area contributed by atoms with Gasteiger partial charge in [-0.2, -0.15) is 5.10 Å². The number of carbonyl (C=O) groups is 1. The molecule has 3 N–H and O–H groups in total. The molecular weight excluding hydrogens is 220 g/mol. The van der Waals surface area contributed by atoms with E-state index in [0.29, 0.717) is 24.7 Å². The SMILES string of the molecule is CCOC(=O)C(C)Nc1c(N)c(C)nn1CC. The second-order valence-electron chi connectivity index (χ2n) is 3.78. The molecule has 96 valence electrons. The van der Waals surface area contributed by atoms with Crippen molar-refractivity contribution in [2.24, 2.45) is 0 Å². The van der Waals surface area contributed by atoms with Gasteiger partial charge in [0.1, 0.15) is 11.9 Å². The molecule has 0 saturated heterocycles. The topological polar surface area (TPSA) is 82.2 Å². The molecule has 0 spiro atoms. The summed E-state index contributed by atoms with van der Waals surface area (Å²) < 4.78 is 6.66. The van der Waals surface area contributed by atoms with Crippen molar-refractivity contribution in [1.29, 1.82) is 0 Å². The number of rotatable bonds is 5. The molecule has 6 heteroatoms. The Morgan fingerprint density at radius 1 is 1.59 bits per heavy atom. The number of ether oxygens (including phenoxy) is 1. The Morgan fingerprint density at radius 2 is 2.24 bits per heavy atom. The van der Waals surface area contributed by atoms with E-state index < -0.39 is 6.04 Å².